The van der Waals surface area contributed by atoms with Crippen LogP contribution < -0.4 is 10.6 Å². The van der Waals surface area contributed by atoms with Gasteiger partial charge in [-0.1, -0.05) is 5.16 Å². The van der Waals surface area contributed by atoms with E-state index in [4.69, 9.17) is 20.2 Å². The number of aromatic nitrogens is 4. The maximum atomic E-state index is 11.3. The Kier molecular flexibility index (Phi) is 3.26. The molecule has 0 unspecified atom stereocenters. The van der Waals surface area contributed by atoms with Crippen molar-refractivity contribution in [3.63, 3.8) is 0 Å². The van der Waals surface area contributed by atoms with E-state index in [-0.39, 0.29) is 11.9 Å². The Bertz CT molecular complexity index is 844. The van der Waals surface area contributed by atoms with Gasteiger partial charge >= 0.3 is 0 Å². The van der Waals surface area contributed by atoms with Gasteiger partial charge in [-0.15, -0.1) is 0 Å². The predicted molar refractivity (Wildman–Crippen MR) is 88.2 cm³/mol. The SMILES string of the molecule is NC(=O)c1noc([C@@H]2CCCN2c2nc(C3CC3)nc3c2CCC3)n1. The van der Waals surface area contributed by atoms with Gasteiger partial charge in [-0.2, -0.15) is 4.98 Å². The van der Waals surface area contributed by atoms with Gasteiger partial charge in [0.2, 0.25) is 5.89 Å². The van der Waals surface area contributed by atoms with Crippen molar-refractivity contribution >= 4 is 11.7 Å². The molecular formula is C17H20N6O2. The van der Waals surface area contributed by atoms with Crippen LogP contribution in [-0.4, -0.2) is 32.6 Å². The van der Waals surface area contributed by atoms with Gasteiger partial charge in [0.1, 0.15) is 17.7 Å². The molecule has 1 amide bonds. The summed E-state index contributed by atoms with van der Waals surface area (Å²) in [5.74, 6) is 2.27. The summed E-state index contributed by atoms with van der Waals surface area (Å²) in [4.78, 5) is 27.5. The first-order valence-electron chi connectivity index (χ1n) is 9.00. The van der Waals surface area contributed by atoms with E-state index in [0.717, 1.165) is 50.3 Å². The highest BCUT2D eigenvalue weighted by Gasteiger charge is 2.36. The van der Waals surface area contributed by atoms with Crippen molar-refractivity contribution in [3.05, 3.63) is 28.8 Å². The molecule has 1 aliphatic heterocycles. The van der Waals surface area contributed by atoms with Crippen LogP contribution in [0, 0.1) is 0 Å². The predicted octanol–water partition coefficient (Wildman–Crippen LogP) is 1.67. The van der Waals surface area contributed by atoms with Gasteiger partial charge in [-0.25, -0.2) is 9.97 Å². The summed E-state index contributed by atoms with van der Waals surface area (Å²) in [6, 6.07) is -0.0488. The third-order valence-electron chi connectivity index (χ3n) is 5.34. The Morgan fingerprint density at radius 1 is 1.12 bits per heavy atom. The van der Waals surface area contributed by atoms with Gasteiger partial charge in [-0.05, 0) is 44.9 Å². The summed E-state index contributed by atoms with van der Waals surface area (Å²) in [6.07, 6.45) is 7.50. The topological polar surface area (TPSA) is 111 Å². The zero-order chi connectivity index (χ0) is 17.0. The molecule has 0 spiro atoms. The quantitative estimate of drug-likeness (QED) is 0.901. The van der Waals surface area contributed by atoms with Gasteiger partial charge in [0.05, 0.1) is 0 Å². The van der Waals surface area contributed by atoms with Crippen LogP contribution in [-0.2, 0) is 12.8 Å². The van der Waals surface area contributed by atoms with Crippen molar-refractivity contribution < 1.29 is 9.32 Å². The van der Waals surface area contributed by atoms with Crippen LogP contribution in [0.5, 0.6) is 0 Å². The standard InChI is InChI=1S/C17H20N6O2/c18-13(24)15-21-17(25-22-15)12-5-2-8-23(12)16-10-3-1-4-11(10)19-14(20-16)9-6-7-9/h9,12H,1-8H2,(H2,18,24)/t12-/m0/s1. The van der Waals surface area contributed by atoms with Crippen LogP contribution in [0.3, 0.4) is 0 Å². The third-order valence-corrected chi connectivity index (χ3v) is 5.34. The molecule has 8 nitrogen and oxygen atoms in total. The number of amides is 1. The highest BCUT2D eigenvalue weighted by Crippen LogP contribution is 2.43. The average molecular weight is 340 g/mol. The summed E-state index contributed by atoms with van der Waals surface area (Å²) in [6.45, 7) is 0.895. The number of anilines is 1. The number of nitrogens with two attached hydrogens (primary N) is 1. The van der Waals surface area contributed by atoms with E-state index in [1.165, 1.54) is 24.1 Å². The van der Waals surface area contributed by atoms with Crippen LogP contribution in [0.2, 0.25) is 0 Å². The lowest BCUT2D eigenvalue weighted by atomic mass is 10.2. The minimum atomic E-state index is -0.668. The summed E-state index contributed by atoms with van der Waals surface area (Å²) in [5.41, 5.74) is 7.73. The summed E-state index contributed by atoms with van der Waals surface area (Å²) in [5, 5.41) is 3.70. The molecule has 1 saturated carbocycles. The number of nitrogens with zero attached hydrogens (tertiary/aromatic N) is 5. The van der Waals surface area contributed by atoms with E-state index < -0.39 is 5.91 Å². The fraction of sp³-hybridized carbons (Fsp3) is 0.588. The van der Waals surface area contributed by atoms with E-state index >= 15 is 0 Å². The Hall–Kier alpha value is -2.51. The third kappa shape index (κ3) is 2.47. The normalized spacial score (nSPS) is 22.4. The number of hydrogen-bond acceptors (Lipinski definition) is 7. The lowest BCUT2D eigenvalue weighted by molar-refractivity contribution is 0.0987. The maximum Gasteiger partial charge on any atom is 0.290 e. The van der Waals surface area contributed by atoms with E-state index in [1.54, 1.807) is 0 Å². The number of fused-ring (bicyclic) bond motifs is 1. The second-order valence-electron chi connectivity index (χ2n) is 7.13. The smallest absolute Gasteiger partial charge is 0.290 e. The van der Waals surface area contributed by atoms with Gasteiger partial charge in [-0.3, -0.25) is 4.79 Å². The first-order chi connectivity index (χ1) is 12.2. The Morgan fingerprint density at radius 3 is 2.76 bits per heavy atom. The molecule has 8 heteroatoms. The minimum absolute atomic E-state index is 0.0488. The number of hydrogen-bond donors (Lipinski definition) is 1. The molecule has 2 aliphatic carbocycles. The van der Waals surface area contributed by atoms with Crippen LogP contribution in [0.1, 0.15) is 77.7 Å². The Balaban J connectivity index is 1.54. The van der Waals surface area contributed by atoms with Gasteiger partial charge < -0.3 is 15.2 Å². The number of primary amides is 1. The second kappa shape index (κ2) is 5.50. The highest BCUT2D eigenvalue weighted by atomic mass is 16.5. The molecule has 0 bridgehead atoms. The Labute approximate surface area is 144 Å². The van der Waals surface area contributed by atoms with Crippen molar-refractivity contribution in [1.29, 1.82) is 0 Å². The fourth-order valence-electron chi connectivity index (χ4n) is 3.94. The largest absolute Gasteiger partial charge is 0.363 e. The monoisotopic (exact) mass is 340 g/mol. The molecule has 130 valence electrons. The molecule has 0 aromatic carbocycles. The Morgan fingerprint density at radius 2 is 2.00 bits per heavy atom. The number of aryl methyl sites for hydroxylation is 1. The molecule has 5 rings (SSSR count). The molecule has 3 heterocycles. The van der Waals surface area contributed by atoms with Crippen molar-refractivity contribution in [3.8, 4) is 0 Å². The molecule has 2 aromatic heterocycles. The molecule has 1 atom stereocenters. The first-order valence-corrected chi connectivity index (χ1v) is 9.00. The second-order valence-corrected chi connectivity index (χ2v) is 7.13. The maximum absolute atomic E-state index is 11.3. The van der Waals surface area contributed by atoms with Crippen LogP contribution in [0.15, 0.2) is 4.52 Å². The van der Waals surface area contributed by atoms with Crippen molar-refractivity contribution in [1.82, 2.24) is 20.1 Å². The molecule has 3 aliphatic rings. The van der Waals surface area contributed by atoms with E-state index in [0.29, 0.717) is 11.8 Å². The molecule has 25 heavy (non-hydrogen) atoms. The molecule has 1 saturated heterocycles. The van der Waals surface area contributed by atoms with Gasteiger partial charge in [0.25, 0.3) is 11.7 Å². The molecular weight excluding hydrogens is 320 g/mol. The van der Waals surface area contributed by atoms with Crippen molar-refractivity contribution in [2.24, 2.45) is 5.73 Å². The van der Waals surface area contributed by atoms with Gasteiger partial charge in [0, 0.05) is 23.7 Å². The zero-order valence-electron chi connectivity index (χ0n) is 13.9. The van der Waals surface area contributed by atoms with E-state index in [1.807, 2.05) is 0 Å². The van der Waals surface area contributed by atoms with Crippen molar-refractivity contribution in [2.75, 3.05) is 11.4 Å². The molecule has 2 N–H and O–H groups in total. The molecule has 0 radical (unpaired) electrons. The number of carbonyl (C=O) groups is 1. The van der Waals surface area contributed by atoms with E-state index in [2.05, 4.69) is 15.0 Å². The van der Waals surface area contributed by atoms with Crippen LogP contribution in [0.25, 0.3) is 0 Å². The van der Waals surface area contributed by atoms with Crippen LogP contribution in [0.4, 0.5) is 5.82 Å². The summed E-state index contributed by atoms with van der Waals surface area (Å²) >= 11 is 0. The molecule has 2 aromatic rings. The van der Waals surface area contributed by atoms with E-state index in [9.17, 15) is 4.79 Å². The first kappa shape index (κ1) is 14.8. The lowest BCUT2D eigenvalue weighted by Crippen LogP contribution is -2.26. The lowest BCUT2D eigenvalue weighted by Gasteiger charge is -2.25. The minimum Gasteiger partial charge on any atom is -0.363 e. The molecule has 2 fully saturated rings. The fourth-order valence-corrected chi connectivity index (χ4v) is 3.94. The number of rotatable bonds is 4. The van der Waals surface area contributed by atoms with Crippen molar-refractivity contribution in [2.45, 2.75) is 56.9 Å². The average Bonchev–Trinajstić information content (AvgIpc) is 3.05. The van der Waals surface area contributed by atoms with Crippen LogP contribution >= 0.6 is 0 Å². The van der Waals surface area contributed by atoms with Gasteiger partial charge in [0.15, 0.2) is 0 Å². The summed E-state index contributed by atoms with van der Waals surface area (Å²) < 4.78 is 5.32. The number of carbonyl (C=O) groups excluding carboxylic acids is 1. The highest BCUT2D eigenvalue weighted by molar-refractivity contribution is 5.88. The zero-order valence-corrected chi connectivity index (χ0v) is 13.9. The summed E-state index contributed by atoms with van der Waals surface area (Å²) in [7, 11) is 0.